The van der Waals surface area contributed by atoms with Crippen LogP contribution in [0.1, 0.15) is 37.0 Å². The average molecular weight is 374 g/mol. The number of aryl methyl sites for hydroxylation is 1. The van der Waals surface area contributed by atoms with E-state index in [0.29, 0.717) is 18.1 Å². The van der Waals surface area contributed by atoms with E-state index in [9.17, 15) is 15.0 Å². The number of hydrogen-bond donors (Lipinski definition) is 2. The Morgan fingerprint density at radius 3 is 2.81 bits per heavy atom. The predicted molar refractivity (Wildman–Crippen MR) is 104 cm³/mol. The van der Waals surface area contributed by atoms with E-state index in [2.05, 4.69) is 19.1 Å². The van der Waals surface area contributed by atoms with Gasteiger partial charge in [-0.3, -0.25) is 0 Å². The number of piperidine rings is 1. The Kier molecular flexibility index (Phi) is 5.84. The highest BCUT2D eigenvalue weighted by Gasteiger charge is 2.30. The summed E-state index contributed by atoms with van der Waals surface area (Å²) in [5, 5.41) is 20.9. The van der Waals surface area contributed by atoms with Crippen molar-refractivity contribution in [1.82, 2.24) is 4.90 Å². The summed E-state index contributed by atoms with van der Waals surface area (Å²) in [5.74, 6) is -0.133. The number of amides is 1. The highest BCUT2D eigenvalue weighted by molar-refractivity contribution is 6.33. The summed E-state index contributed by atoms with van der Waals surface area (Å²) in [7, 11) is 0. The summed E-state index contributed by atoms with van der Waals surface area (Å²) >= 11 is 6.51. The fraction of sp³-hybridized carbons (Fsp3) is 0.381. The number of benzene rings is 2. The van der Waals surface area contributed by atoms with Gasteiger partial charge < -0.3 is 15.1 Å². The largest absolute Gasteiger partial charge is 0.465 e. The SMILES string of the molecule is CCc1cccc(-c2c(Cl)cccc2[C@H](O)[C@@H]2CCCN(C(=O)O)C2)c1. The van der Waals surface area contributed by atoms with Gasteiger partial charge in [-0.05, 0) is 42.0 Å². The van der Waals surface area contributed by atoms with E-state index >= 15 is 0 Å². The summed E-state index contributed by atoms with van der Waals surface area (Å²) in [6.07, 6.45) is 0.799. The lowest BCUT2D eigenvalue weighted by Gasteiger charge is -2.34. The first kappa shape index (κ1) is 18.7. The van der Waals surface area contributed by atoms with Crippen molar-refractivity contribution in [3.05, 3.63) is 58.6 Å². The van der Waals surface area contributed by atoms with Gasteiger partial charge in [-0.15, -0.1) is 0 Å². The van der Waals surface area contributed by atoms with Crippen LogP contribution in [0.5, 0.6) is 0 Å². The molecule has 2 aromatic carbocycles. The molecule has 4 nitrogen and oxygen atoms in total. The van der Waals surface area contributed by atoms with E-state index in [-0.39, 0.29) is 5.92 Å². The first-order valence-corrected chi connectivity index (χ1v) is 9.42. The van der Waals surface area contributed by atoms with Crippen LogP contribution in [-0.4, -0.2) is 34.3 Å². The molecule has 3 rings (SSSR count). The van der Waals surface area contributed by atoms with Crippen molar-refractivity contribution < 1.29 is 15.0 Å². The van der Waals surface area contributed by atoms with Crippen molar-refractivity contribution in [2.75, 3.05) is 13.1 Å². The van der Waals surface area contributed by atoms with Gasteiger partial charge in [0, 0.05) is 29.6 Å². The minimum Gasteiger partial charge on any atom is -0.465 e. The van der Waals surface area contributed by atoms with Crippen LogP contribution < -0.4 is 0 Å². The van der Waals surface area contributed by atoms with Gasteiger partial charge in [-0.2, -0.15) is 0 Å². The molecule has 0 aliphatic carbocycles. The predicted octanol–water partition coefficient (Wildman–Crippen LogP) is 4.99. The molecular weight excluding hydrogens is 350 g/mol. The van der Waals surface area contributed by atoms with Crippen LogP contribution in [0.3, 0.4) is 0 Å². The quantitative estimate of drug-likeness (QED) is 0.793. The summed E-state index contributed by atoms with van der Waals surface area (Å²) in [4.78, 5) is 12.7. The topological polar surface area (TPSA) is 60.8 Å². The maximum Gasteiger partial charge on any atom is 0.407 e. The van der Waals surface area contributed by atoms with Crippen LogP contribution in [0.2, 0.25) is 5.02 Å². The van der Waals surface area contributed by atoms with Gasteiger partial charge in [-0.25, -0.2) is 4.79 Å². The molecule has 0 aromatic heterocycles. The maximum absolute atomic E-state index is 11.3. The standard InChI is InChI=1S/C21H24ClNO3/c1-2-14-6-3-7-15(12-14)19-17(9-4-10-18(19)22)20(24)16-8-5-11-23(13-16)21(25)26/h3-4,6-7,9-10,12,16,20,24H,2,5,8,11,13H2,1H3,(H,25,26)/t16-,20-/m1/s1. The average Bonchev–Trinajstić information content (AvgIpc) is 2.67. The number of hydrogen-bond acceptors (Lipinski definition) is 2. The number of halogens is 1. The van der Waals surface area contributed by atoms with E-state index < -0.39 is 12.2 Å². The molecule has 0 bridgehead atoms. The molecule has 1 aliphatic rings. The smallest absolute Gasteiger partial charge is 0.407 e. The highest BCUT2D eigenvalue weighted by Crippen LogP contribution is 2.39. The molecule has 26 heavy (non-hydrogen) atoms. The number of aliphatic hydroxyl groups is 1. The fourth-order valence-corrected chi connectivity index (χ4v) is 4.02. The normalized spacial score (nSPS) is 18.6. The van der Waals surface area contributed by atoms with Crippen molar-refractivity contribution >= 4 is 17.7 Å². The monoisotopic (exact) mass is 373 g/mol. The van der Waals surface area contributed by atoms with Gasteiger partial charge >= 0.3 is 6.09 Å². The Morgan fingerprint density at radius 1 is 1.31 bits per heavy atom. The van der Waals surface area contributed by atoms with Gasteiger partial charge in [0.05, 0.1) is 6.10 Å². The molecular formula is C21H24ClNO3. The third kappa shape index (κ3) is 3.87. The molecule has 0 saturated carbocycles. The molecule has 2 aromatic rings. The van der Waals surface area contributed by atoms with Gasteiger partial charge in [0.1, 0.15) is 0 Å². The lowest BCUT2D eigenvalue weighted by molar-refractivity contribution is 0.0506. The third-order valence-corrected chi connectivity index (χ3v) is 5.48. The number of aliphatic hydroxyl groups excluding tert-OH is 1. The second kappa shape index (κ2) is 8.11. The van der Waals surface area contributed by atoms with Crippen molar-refractivity contribution in [2.24, 2.45) is 5.92 Å². The van der Waals surface area contributed by atoms with Gasteiger partial charge in [0.25, 0.3) is 0 Å². The van der Waals surface area contributed by atoms with Crippen LogP contribution in [0.4, 0.5) is 4.79 Å². The number of carbonyl (C=O) groups is 1. The first-order chi connectivity index (χ1) is 12.5. The van der Waals surface area contributed by atoms with Crippen molar-refractivity contribution in [1.29, 1.82) is 0 Å². The van der Waals surface area contributed by atoms with Crippen LogP contribution in [0.25, 0.3) is 11.1 Å². The van der Waals surface area contributed by atoms with Crippen LogP contribution in [0, 0.1) is 5.92 Å². The molecule has 2 N–H and O–H groups in total. The van der Waals surface area contributed by atoms with E-state index in [1.165, 1.54) is 10.5 Å². The fourth-order valence-electron chi connectivity index (χ4n) is 3.73. The molecule has 1 aliphatic heterocycles. The lowest BCUT2D eigenvalue weighted by Crippen LogP contribution is -2.40. The van der Waals surface area contributed by atoms with Crippen LogP contribution >= 0.6 is 11.6 Å². The Morgan fingerprint density at radius 2 is 2.08 bits per heavy atom. The summed E-state index contributed by atoms with van der Waals surface area (Å²) < 4.78 is 0. The summed E-state index contributed by atoms with van der Waals surface area (Å²) in [6, 6.07) is 13.7. The molecule has 1 fully saturated rings. The zero-order valence-corrected chi connectivity index (χ0v) is 15.6. The zero-order valence-electron chi connectivity index (χ0n) is 14.9. The summed E-state index contributed by atoms with van der Waals surface area (Å²) in [5.41, 5.74) is 3.79. The maximum atomic E-state index is 11.3. The van der Waals surface area contributed by atoms with Gasteiger partial charge in [-0.1, -0.05) is 54.9 Å². The molecule has 5 heteroatoms. The molecule has 0 spiro atoms. The lowest BCUT2D eigenvalue weighted by atomic mass is 9.85. The van der Waals surface area contributed by atoms with E-state index in [1.54, 1.807) is 0 Å². The summed E-state index contributed by atoms with van der Waals surface area (Å²) in [6.45, 7) is 2.97. The number of rotatable bonds is 4. The Bertz CT molecular complexity index is 793. The Hall–Kier alpha value is -2.04. The van der Waals surface area contributed by atoms with Crippen LogP contribution in [0.15, 0.2) is 42.5 Å². The van der Waals surface area contributed by atoms with Crippen molar-refractivity contribution in [3.8, 4) is 11.1 Å². The Labute approximate surface area is 159 Å². The number of likely N-dealkylation sites (tertiary alicyclic amines) is 1. The van der Waals surface area contributed by atoms with Crippen LogP contribution in [-0.2, 0) is 6.42 Å². The minimum atomic E-state index is -0.927. The molecule has 1 saturated heterocycles. The highest BCUT2D eigenvalue weighted by atomic mass is 35.5. The van der Waals surface area contributed by atoms with E-state index in [4.69, 9.17) is 11.6 Å². The molecule has 138 valence electrons. The third-order valence-electron chi connectivity index (χ3n) is 5.16. The molecule has 0 radical (unpaired) electrons. The van der Waals surface area contributed by atoms with Gasteiger partial charge in [0.15, 0.2) is 0 Å². The minimum absolute atomic E-state index is 0.133. The number of carboxylic acid groups (broad SMARTS) is 1. The van der Waals surface area contributed by atoms with Crippen molar-refractivity contribution in [3.63, 3.8) is 0 Å². The molecule has 2 atom stereocenters. The second-order valence-corrected chi connectivity index (χ2v) is 7.24. The first-order valence-electron chi connectivity index (χ1n) is 9.05. The van der Waals surface area contributed by atoms with E-state index in [1.807, 2.05) is 30.3 Å². The second-order valence-electron chi connectivity index (χ2n) is 6.83. The van der Waals surface area contributed by atoms with Crippen molar-refractivity contribution in [2.45, 2.75) is 32.3 Å². The Balaban J connectivity index is 1.97. The molecule has 0 unspecified atom stereocenters. The zero-order chi connectivity index (χ0) is 18.7. The molecule has 1 amide bonds. The van der Waals surface area contributed by atoms with E-state index in [0.717, 1.165) is 36.0 Å². The molecule has 1 heterocycles. The van der Waals surface area contributed by atoms with Gasteiger partial charge in [0.2, 0.25) is 0 Å². The number of nitrogens with zero attached hydrogens (tertiary/aromatic N) is 1.